The average Bonchev–Trinajstić information content (AvgIpc) is 2.46. The van der Waals surface area contributed by atoms with Crippen molar-refractivity contribution < 1.29 is 0 Å². The molecule has 0 bridgehead atoms. The molecule has 0 radical (unpaired) electrons. The molecule has 0 unspecified atom stereocenters. The first-order valence-corrected chi connectivity index (χ1v) is 7.61. The van der Waals surface area contributed by atoms with Crippen molar-refractivity contribution in [2.24, 2.45) is 0 Å². The van der Waals surface area contributed by atoms with Crippen LogP contribution in [0.1, 0.15) is 5.69 Å². The lowest BCUT2D eigenvalue weighted by Gasteiger charge is -2.06. The number of nitrogens with zero attached hydrogens (tertiary/aromatic N) is 1. The molecule has 0 aliphatic heterocycles. The van der Waals surface area contributed by atoms with E-state index in [-0.39, 0.29) is 0 Å². The fourth-order valence-electron chi connectivity index (χ4n) is 1.97. The Bertz CT molecular complexity index is 758. The van der Waals surface area contributed by atoms with Crippen LogP contribution in [-0.4, -0.2) is 4.98 Å². The third-order valence-corrected chi connectivity index (χ3v) is 4.52. The summed E-state index contributed by atoms with van der Waals surface area (Å²) in [4.78, 5) is 5.67. The first kappa shape index (κ1) is 13.3. The number of halogens is 1. The van der Waals surface area contributed by atoms with Crippen molar-refractivity contribution in [3.63, 3.8) is 0 Å². The Balaban J connectivity index is 1.79. The number of rotatable bonds is 3. The van der Waals surface area contributed by atoms with Crippen molar-refractivity contribution in [2.75, 3.05) is 5.73 Å². The molecule has 0 aliphatic rings. The summed E-state index contributed by atoms with van der Waals surface area (Å²) in [5, 5.41) is 1.85. The van der Waals surface area contributed by atoms with Crippen LogP contribution in [0, 0.1) is 0 Å². The molecule has 0 spiro atoms. The highest BCUT2D eigenvalue weighted by Gasteiger charge is 2.04. The van der Waals surface area contributed by atoms with Crippen molar-refractivity contribution in [2.45, 2.75) is 10.6 Å². The van der Waals surface area contributed by atoms with Crippen LogP contribution >= 0.6 is 23.4 Å². The molecule has 0 fully saturated rings. The highest BCUT2D eigenvalue weighted by atomic mass is 35.5. The van der Waals surface area contributed by atoms with Gasteiger partial charge in [0.05, 0.1) is 16.2 Å². The number of hydrogen-bond donors (Lipinski definition) is 1. The third kappa shape index (κ3) is 2.89. The first-order valence-electron chi connectivity index (χ1n) is 6.25. The van der Waals surface area contributed by atoms with Crippen LogP contribution in [0.5, 0.6) is 0 Å². The van der Waals surface area contributed by atoms with E-state index in [2.05, 4.69) is 23.2 Å². The maximum absolute atomic E-state index is 6.17. The minimum atomic E-state index is 0.684. The Morgan fingerprint density at radius 3 is 2.75 bits per heavy atom. The molecule has 0 saturated carbocycles. The fourth-order valence-corrected chi connectivity index (χ4v) is 3.15. The van der Waals surface area contributed by atoms with E-state index >= 15 is 0 Å². The summed E-state index contributed by atoms with van der Waals surface area (Å²) >= 11 is 7.84. The molecular weight excluding hydrogens is 288 g/mol. The van der Waals surface area contributed by atoms with Crippen LogP contribution in [-0.2, 0) is 5.75 Å². The molecule has 3 aromatic rings. The Morgan fingerprint density at radius 1 is 1.05 bits per heavy atom. The topological polar surface area (TPSA) is 38.9 Å². The number of aromatic nitrogens is 1. The second-order valence-corrected chi connectivity index (χ2v) is 5.90. The molecule has 0 aliphatic carbocycles. The van der Waals surface area contributed by atoms with Gasteiger partial charge in [-0.05, 0) is 30.3 Å². The molecule has 20 heavy (non-hydrogen) atoms. The monoisotopic (exact) mass is 300 g/mol. The van der Waals surface area contributed by atoms with Gasteiger partial charge in [-0.2, -0.15) is 0 Å². The highest BCUT2D eigenvalue weighted by Crippen LogP contribution is 2.31. The molecule has 2 nitrogen and oxygen atoms in total. The zero-order valence-corrected chi connectivity index (χ0v) is 12.3. The van der Waals surface area contributed by atoms with E-state index in [4.69, 9.17) is 17.3 Å². The summed E-state index contributed by atoms with van der Waals surface area (Å²) < 4.78 is 0. The molecule has 100 valence electrons. The SMILES string of the molecule is Nc1ccc(SCc2ccc3ccccc3n2)c(Cl)c1. The number of nitrogen functional groups attached to an aromatic ring is 1. The minimum Gasteiger partial charge on any atom is -0.399 e. The molecule has 2 aromatic carbocycles. The normalized spacial score (nSPS) is 10.8. The number of para-hydroxylation sites is 1. The van der Waals surface area contributed by atoms with Gasteiger partial charge in [-0.25, -0.2) is 0 Å². The predicted molar refractivity (Wildman–Crippen MR) is 87.2 cm³/mol. The van der Waals surface area contributed by atoms with Gasteiger partial charge < -0.3 is 5.73 Å². The zero-order chi connectivity index (χ0) is 13.9. The summed E-state index contributed by atoms with van der Waals surface area (Å²) in [7, 11) is 0. The molecule has 3 rings (SSSR count). The highest BCUT2D eigenvalue weighted by molar-refractivity contribution is 7.98. The van der Waals surface area contributed by atoms with Crippen LogP contribution in [0.15, 0.2) is 59.5 Å². The van der Waals surface area contributed by atoms with Gasteiger partial charge in [0, 0.05) is 21.7 Å². The maximum atomic E-state index is 6.17. The third-order valence-electron chi connectivity index (χ3n) is 2.99. The number of hydrogen-bond acceptors (Lipinski definition) is 3. The first-order chi connectivity index (χ1) is 9.72. The maximum Gasteiger partial charge on any atom is 0.0705 e. The fraction of sp³-hybridized carbons (Fsp3) is 0.0625. The van der Waals surface area contributed by atoms with E-state index in [0.29, 0.717) is 10.7 Å². The van der Waals surface area contributed by atoms with E-state index in [1.807, 2.05) is 30.3 Å². The van der Waals surface area contributed by atoms with E-state index in [0.717, 1.165) is 27.2 Å². The second kappa shape index (κ2) is 5.73. The number of nitrogens with two attached hydrogens (primary N) is 1. The Morgan fingerprint density at radius 2 is 1.90 bits per heavy atom. The number of thioether (sulfide) groups is 1. The van der Waals surface area contributed by atoms with Gasteiger partial charge in [-0.15, -0.1) is 11.8 Å². The second-order valence-electron chi connectivity index (χ2n) is 4.47. The summed E-state index contributed by atoms with van der Waals surface area (Å²) in [6.45, 7) is 0. The van der Waals surface area contributed by atoms with Gasteiger partial charge in [0.25, 0.3) is 0 Å². The van der Waals surface area contributed by atoms with E-state index in [1.165, 1.54) is 0 Å². The lowest BCUT2D eigenvalue weighted by molar-refractivity contribution is 1.22. The van der Waals surface area contributed by atoms with Crippen molar-refractivity contribution in [1.29, 1.82) is 0 Å². The van der Waals surface area contributed by atoms with E-state index < -0.39 is 0 Å². The summed E-state index contributed by atoms with van der Waals surface area (Å²) in [5.41, 5.74) is 8.44. The van der Waals surface area contributed by atoms with Crippen molar-refractivity contribution in [1.82, 2.24) is 4.98 Å². The van der Waals surface area contributed by atoms with Gasteiger partial charge in [0.2, 0.25) is 0 Å². The van der Waals surface area contributed by atoms with Crippen LogP contribution in [0.25, 0.3) is 10.9 Å². The van der Waals surface area contributed by atoms with E-state index in [9.17, 15) is 0 Å². The summed E-state index contributed by atoms with van der Waals surface area (Å²) in [6, 6.07) is 17.9. The molecule has 0 saturated heterocycles. The zero-order valence-electron chi connectivity index (χ0n) is 10.7. The van der Waals surface area contributed by atoms with Gasteiger partial charge in [-0.3, -0.25) is 4.98 Å². The van der Waals surface area contributed by atoms with Crippen LogP contribution in [0.2, 0.25) is 5.02 Å². The van der Waals surface area contributed by atoms with Gasteiger partial charge in [0.15, 0.2) is 0 Å². The quantitative estimate of drug-likeness (QED) is 0.560. The number of anilines is 1. The molecule has 0 amide bonds. The van der Waals surface area contributed by atoms with Crippen molar-refractivity contribution >= 4 is 40.0 Å². The van der Waals surface area contributed by atoms with E-state index in [1.54, 1.807) is 17.8 Å². The average molecular weight is 301 g/mol. The van der Waals surface area contributed by atoms with Crippen LogP contribution in [0.3, 0.4) is 0 Å². The van der Waals surface area contributed by atoms with Gasteiger partial charge >= 0.3 is 0 Å². The minimum absolute atomic E-state index is 0.684. The molecule has 1 aromatic heterocycles. The Kier molecular flexibility index (Phi) is 3.81. The van der Waals surface area contributed by atoms with Gasteiger partial charge in [0.1, 0.15) is 0 Å². The van der Waals surface area contributed by atoms with Crippen molar-refractivity contribution in [3.8, 4) is 0 Å². The van der Waals surface area contributed by atoms with Crippen LogP contribution < -0.4 is 5.73 Å². The number of pyridine rings is 1. The largest absolute Gasteiger partial charge is 0.399 e. The Labute approximate surface area is 127 Å². The lowest BCUT2D eigenvalue weighted by atomic mass is 10.2. The molecule has 0 atom stereocenters. The summed E-state index contributed by atoms with van der Waals surface area (Å²) in [5.74, 6) is 0.786. The molecule has 2 N–H and O–H groups in total. The summed E-state index contributed by atoms with van der Waals surface area (Å²) in [6.07, 6.45) is 0. The van der Waals surface area contributed by atoms with Crippen LogP contribution in [0.4, 0.5) is 5.69 Å². The van der Waals surface area contributed by atoms with Crippen molar-refractivity contribution in [3.05, 3.63) is 65.3 Å². The molecule has 4 heteroatoms. The standard InChI is InChI=1S/C16H13ClN2S/c17-14-9-12(18)6-8-16(14)20-10-13-7-5-11-3-1-2-4-15(11)19-13/h1-9H,10,18H2. The smallest absolute Gasteiger partial charge is 0.0705 e. The molecule has 1 heterocycles. The molecular formula is C16H13ClN2S. The number of fused-ring (bicyclic) bond motifs is 1. The van der Waals surface area contributed by atoms with Gasteiger partial charge in [-0.1, -0.05) is 35.9 Å². The Hall–Kier alpha value is -1.71. The lowest BCUT2D eigenvalue weighted by Crippen LogP contribution is -1.89. The number of benzene rings is 2. The predicted octanol–water partition coefficient (Wildman–Crippen LogP) is 4.76.